The van der Waals surface area contributed by atoms with Crippen LogP contribution in [0.3, 0.4) is 0 Å². The molecular weight excluding hydrogens is 359 g/mol. The van der Waals surface area contributed by atoms with Crippen molar-refractivity contribution in [3.05, 3.63) is 33.8 Å². The Morgan fingerprint density at radius 2 is 1.90 bits per heavy atom. The van der Waals surface area contributed by atoms with E-state index < -0.39 is 35.8 Å². The summed E-state index contributed by atoms with van der Waals surface area (Å²) in [6.07, 6.45) is -4.61. The second-order valence-corrected chi connectivity index (χ2v) is 5.31. The lowest BCUT2D eigenvalue weighted by Crippen LogP contribution is -2.46. The van der Waals surface area contributed by atoms with Crippen molar-refractivity contribution in [2.45, 2.75) is 18.7 Å². The Morgan fingerprint density at radius 3 is 2.38 bits per heavy atom. The fraction of sp³-hybridized carbons (Fsp3) is 0.333. The fourth-order valence-corrected chi connectivity index (χ4v) is 1.73. The van der Waals surface area contributed by atoms with Crippen molar-refractivity contribution in [3.8, 4) is 0 Å². The van der Waals surface area contributed by atoms with Crippen LogP contribution in [0.4, 0.5) is 13.2 Å². The van der Waals surface area contributed by atoms with Gasteiger partial charge in [0.1, 0.15) is 0 Å². The van der Waals surface area contributed by atoms with Crippen LogP contribution in [0.5, 0.6) is 0 Å². The molecule has 0 heterocycles. The lowest BCUT2D eigenvalue weighted by Gasteiger charge is -2.18. The summed E-state index contributed by atoms with van der Waals surface area (Å²) >= 11 is 2.94. The number of halogens is 4. The maximum Gasteiger partial charge on any atom is 0.416 e. The van der Waals surface area contributed by atoms with Gasteiger partial charge >= 0.3 is 12.1 Å². The molecule has 21 heavy (non-hydrogen) atoms. The monoisotopic (exact) mass is 369 g/mol. The van der Waals surface area contributed by atoms with E-state index >= 15 is 0 Å². The minimum absolute atomic E-state index is 0.114. The summed E-state index contributed by atoms with van der Waals surface area (Å²) in [4.78, 5) is 22.5. The Morgan fingerprint density at radius 1 is 1.33 bits per heavy atom. The Kier molecular flexibility index (Phi) is 5.00. The number of benzene rings is 1. The summed E-state index contributed by atoms with van der Waals surface area (Å²) in [6, 6.07) is 2.50. The molecule has 5 nitrogen and oxygen atoms in total. The van der Waals surface area contributed by atoms with Gasteiger partial charge in [-0.1, -0.05) is 0 Å². The first-order valence-electron chi connectivity index (χ1n) is 5.56. The molecule has 1 aromatic carbocycles. The first kappa shape index (κ1) is 17.4. The summed E-state index contributed by atoms with van der Waals surface area (Å²) in [5.41, 5.74) is -3.55. The highest BCUT2D eigenvalue weighted by molar-refractivity contribution is 9.10. The molecular formula is C12H11BrF3NO4. The van der Waals surface area contributed by atoms with E-state index in [1.54, 1.807) is 0 Å². The number of aliphatic carboxylic acids is 1. The van der Waals surface area contributed by atoms with E-state index in [9.17, 15) is 27.9 Å². The largest absolute Gasteiger partial charge is 0.479 e. The van der Waals surface area contributed by atoms with E-state index in [1.165, 1.54) is 0 Å². The normalized spacial score (nSPS) is 14.4. The predicted octanol–water partition coefficient (Wildman–Crippen LogP) is 2.03. The minimum Gasteiger partial charge on any atom is -0.479 e. The quantitative estimate of drug-likeness (QED) is 0.757. The van der Waals surface area contributed by atoms with Crippen molar-refractivity contribution in [1.82, 2.24) is 5.32 Å². The van der Waals surface area contributed by atoms with Crippen LogP contribution in [0.2, 0.25) is 0 Å². The number of nitrogens with one attached hydrogen (secondary N) is 1. The van der Waals surface area contributed by atoms with E-state index in [-0.39, 0.29) is 10.0 Å². The van der Waals surface area contributed by atoms with Crippen molar-refractivity contribution in [2.75, 3.05) is 6.54 Å². The van der Waals surface area contributed by atoms with Gasteiger partial charge < -0.3 is 15.5 Å². The SMILES string of the molecule is CC(O)(CNC(=O)c1cc(C(F)(F)F)ccc1Br)C(=O)O. The molecule has 0 aliphatic rings. The van der Waals surface area contributed by atoms with Crippen LogP contribution in [-0.4, -0.2) is 34.2 Å². The number of hydrogen-bond donors (Lipinski definition) is 3. The van der Waals surface area contributed by atoms with Gasteiger partial charge in [-0.2, -0.15) is 13.2 Å². The third kappa shape index (κ3) is 4.43. The highest BCUT2D eigenvalue weighted by atomic mass is 79.9. The van der Waals surface area contributed by atoms with Crippen LogP contribution in [0.15, 0.2) is 22.7 Å². The summed E-state index contributed by atoms with van der Waals surface area (Å²) in [6.45, 7) is 0.306. The molecule has 1 aromatic rings. The zero-order valence-electron chi connectivity index (χ0n) is 10.7. The van der Waals surface area contributed by atoms with Crippen LogP contribution in [0.1, 0.15) is 22.8 Å². The Bertz CT molecular complexity index is 572. The van der Waals surface area contributed by atoms with Gasteiger partial charge in [-0.15, -0.1) is 0 Å². The molecule has 9 heteroatoms. The van der Waals surface area contributed by atoms with Crippen LogP contribution < -0.4 is 5.32 Å². The molecule has 116 valence electrons. The number of carbonyl (C=O) groups excluding carboxylic acids is 1. The molecule has 0 radical (unpaired) electrons. The fourth-order valence-electron chi connectivity index (χ4n) is 1.30. The maximum atomic E-state index is 12.6. The summed E-state index contributed by atoms with van der Waals surface area (Å²) in [5.74, 6) is -2.50. The Balaban J connectivity index is 2.95. The van der Waals surface area contributed by atoms with E-state index in [0.29, 0.717) is 6.07 Å². The number of hydrogen-bond acceptors (Lipinski definition) is 3. The van der Waals surface area contributed by atoms with Crippen molar-refractivity contribution >= 4 is 27.8 Å². The highest BCUT2D eigenvalue weighted by Crippen LogP contribution is 2.31. The predicted molar refractivity (Wildman–Crippen MR) is 69.7 cm³/mol. The Labute approximate surface area is 125 Å². The number of carboxylic acids is 1. The van der Waals surface area contributed by atoms with Gasteiger partial charge in [-0.3, -0.25) is 4.79 Å². The van der Waals surface area contributed by atoms with Crippen molar-refractivity contribution in [3.63, 3.8) is 0 Å². The van der Waals surface area contributed by atoms with Crippen LogP contribution in [0.25, 0.3) is 0 Å². The zero-order chi connectivity index (χ0) is 16.4. The average Bonchev–Trinajstić information content (AvgIpc) is 2.35. The van der Waals surface area contributed by atoms with E-state index in [1.807, 2.05) is 0 Å². The number of carboxylic acid groups (broad SMARTS) is 1. The molecule has 0 spiro atoms. The number of alkyl halides is 3. The molecule has 0 bridgehead atoms. The van der Waals surface area contributed by atoms with Crippen LogP contribution >= 0.6 is 15.9 Å². The zero-order valence-corrected chi connectivity index (χ0v) is 12.2. The molecule has 1 atom stereocenters. The molecule has 0 fully saturated rings. The van der Waals surface area contributed by atoms with Gasteiger partial charge in [0.15, 0.2) is 5.60 Å². The molecule has 0 aliphatic carbocycles. The van der Waals surface area contributed by atoms with Gasteiger partial charge in [0.05, 0.1) is 17.7 Å². The van der Waals surface area contributed by atoms with Crippen LogP contribution in [-0.2, 0) is 11.0 Å². The molecule has 1 rings (SSSR count). The third-order valence-corrected chi connectivity index (χ3v) is 3.28. The number of rotatable bonds is 4. The highest BCUT2D eigenvalue weighted by Gasteiger charge is 2.33. The molecule has 3 N–H and O–H groups in total. The Hall–Kier alpha value is -1.61. The van der Waals surface area contributed by atoms with E-state index in [4.69, 9.17) is 5.11 Å². The molecule has 0 saturated carbocycles. The van der Waals surface area contributed by atoms with Crippen molar-refractivity contribution in [2.24, 2.45) is 0 Å². The third-order valence-electron chi connectivity index (χ3n) is 2.59. The van der Waals surface area contributed by atoms with Gasteiger partial charge in [0, 0.05) is 4.47 Å². The minimum atomic E-state index is -4.61. The lowest BCUT2D eigenvalue weighted by atomic mass is 10.1. The first-order chi connectivity index (χ1) is 9.45. The standard InChI is InChI=1S/C12H11BrF3NO4/c1-11(21,10(19)20)5-17-9(18)7-4-6(12(14,15)16)2-3-8(7)13/h2-4,21H,5H2,1H3,(H,17,18)(H,19,20). The topological polar surface area (TPSA) is 86.6 Å². The average molecular weight is 370 g/mol. The molecule has 1 amide bonds. The number of amides is 1. The summed E-state index contributed by atoms with van der Waals surface area (Å²) in [5, 5.41) is 20.2. The molecule has 0 aliphatic heterocycles. The van der Waals surface area contributed by atoms with E-state index in [0.717, 1.165) is 19.1 Å². The van der Waals surface area contributed by atoms with Crippen molar-refractivity contribution < 1.29 is 33.0 Å². The number of aliphatic hydroxyl groups is 1. The lowest BCUT2D eigenvalue weighted by molar-refractivity contribution is -0.155. The van der Waals surface area contributed by atoms with Crippen molar-refractivity contribution in [1.29, 1.82) is 0 Å². The smallest absolute Gasteiger partial charge is 0.416 e. The molecule has 0 saturated heterocycles. The van der Waals surface area contributed by atoms with E-state index in [2.05, 4.69) is 21.2 Å². The molecule has 1 unspecified atom stereocenters. The van der Waals surface area contributed by atoms with Gasteiger partial charge in [-0.25, -0.2) is 4.79 Å². The van der Waals surface area contributed by atoms with Gasteiger partial charge in [-0.05, 0) is 41.1 Å². The second-order valence-electron chi connectivity index (χ2n) is 4.45. The first-order valence-corrected chi connectivity index (χ1v) is 6.35. The van der Waals surface area contributed by atoms with Crippen LogP contribution in [0, 0.1) is 0 Å². The number of carbonyl (C=O) groups is 2. The summed E-state index contributed by atoms with van der Waals surface area (Å²) in [7, 11) is 0. The second kappa shape index (κ2) is 6.02. The maximum absolute atomic E-state index is 12.6. The van der Waals surface area contributed by atoms with Gasteiger partial charge in [0.2, 0.25) is 0 Å². The van der Waals surface area contributed by atoms with Gasteiger partial charge in [0.25, 0.3) is 5.91 Å². The molecule has 0 aromatic heterocycles. The summed E-state index contributed by atoms with van der Waals surface area (Å²) < 4.78 is 37.9.